The van der Waals surface area contributed by atoms with Gasteiger partial charge in [-0.2, -0.15) is 0 Å². The molecule has 6 aliphatic carbocycles. The fourth-order valence-electron chi connectivity index (χ4n) is 11.1. The topological polar surface area (TPSA) is 103 Å². The van der Waals surface area contributed by atoms with Crippen LogP contribution in [-0.4, -0.2) is 28.6 Å². The largest absolute Gasteiger partial charge is 0.328 e. The summed E-state index contributed by atoms with van der Waals surface area (Å²) in [5.41, 5.74) is 5.54. The Morgan fingerprint density at radius 2 is 1.12 bits per heavy atom. The number of ketones is 3. The monoisotopic (exact) mass is 755 g/mol. The van der Waals surface area contributed by atoms with Gasteiger partial charge in [0.15, 0.2) is 11.6 Å². The van der Waals surface area contributed by atoms with E-state index in [9.17, 15) is 19.2 Å². The van der Waals surface area contributed by atoms with Gasteiger partial charge in [0.1, 0.15) is 5.78 Å². The third-order valence-corrected chi connectivity index (χ3v) is 14.0. The summed E-state index contributed by atoms with van der Waals surface area (Å²) in [7, 11) is 0. The van der Waals surface area contributed by atoms with E-state index in [1.54, 1.807) is 0 Å². The van der Waals surface area contributed by atoms with E-state index >= 15 is 0 Å². The normalized spacial score (nSPS) is 34.0. The van der Waals surface area contributed by atoms with E-state index in [1.165, 1.54) is 38.5 Å². The molecule has 2 N–H and O–H groups in total. The Balaban J connectivity index is 0.000000233. The molecule has 0 aliphatic heterocycles. The molecule has 288 valence electrons. The second kappa shape index (κ2) is 17.9. The second-order valence-electron chi connectivity index (χ2n) is 18.3. The summed E-state index contributed by atoms with van der Waals surface area (Å²) in [6, 6.07) is 0.198. The first-order valence-corrected chi connectivity index (χ1v) is 20.0. The van der Waals surface area contributed by atoms with Crippen molar-refractivity contribution in [3.05, 3.63) is 46.4 Å². The highest BCUT2D eigenvalue weighted by Gasteiger charge is 2.54. The van der Waals surface area contributed by atoms with Gasteiger partial charge in [-0.1, -0.05) is 92.2 Å². The molecule has 6 rings (SSSR count). The first kappa shape index (κ1) is 44.1. The second-order valence-corrected chi connectivity index (χ2v) is 18.7. The number of fused-ring (bicyclic) bond motifs is 2. The van der Waals surface area contributed by atoms with Crippen LogP contribution in [0.2, 0.25) is 0 Å². The molecule has 0 aromatic rings. The Bertz CT molecular complexity index is 1490. The molecule has 0 aromatic carbocycles. The Labute approximate surface area is 324 Å². The minimum absolute atomic E-state index is 0. The van der Waals surface area contributed by atoms with Gasteiger partial charge in [0.2, 0.25) is 16.6 Å². The number of halogens is 2. The lowest BCUT2D eigenvalue weighted by Gasteiger charge is -2.52. The van der Waals surface area contributed by atoms with Crippen molar-refractivity contribution >= 4 is 46.6 Å². The Hall–Kier alpha value is -2.32. The van der Waals surface area contributed by atoms with E-state index in [1.807, 2.05) is 39.8 Å². The van der Waals surface area contributed by atoms with Crippen LogP contribution in [0.1, 0.15) is 151 Å². The third-order valence-electron chi connectivity index (χ3n) is 13.7. The summed E-state index contributed by atoms with van der Waals surface area (Å²) in [6.45, 7) is 26.8. The Morgan fingerprint density at radius 1 is 0.692 bits per heavy atom. The number of nitrogens with zero attached hydrogens (tertiary/aromatic N) is 2. The minimum Gasteiger partial charge on any atom is -0.328 e. The van der Waals surface area contributed by atoms with Crippen molar-refractivity contribution in [1.82, 2.24) is 0 Å². The van der Waals surface area contributed by atoms with Crippen LogP contribution in [0.4, 0.5) is 0 Å². The fraction of sp³-hybridized carbons (Fsp3) is 0.767. The van der Waals surface area contributed by atoms with Gasteiger partial charge in [-0.15, -0.1) is 12.4 Å². The van der Waals surface area contributed by atoms with Crippen LogP contribution >= 0.6 is 24.0 Å². The van der Waals surface area contributed by atoms with Gasteiger partial charge in [0.25, 0.3) is 0 Å². The zero-order valence-corrected chi connectivity index (χ0v) is 34.1. The SMILES string of the molecule is Cl.O=C(Cl)C1CCCCC1.[C-]#[N+]C1=C[C@]2(C)C[C@@H](CC(=O)C3CCCCC3)CC[C@H]2C(C)(C)C1=O.[C-]#[N+]C1=C[C@]2(C)C[C@@H](N)CC[C@H]2C(C)(C)C1=O. The van der Waals surface area contributed by atoms with Crippen LogP contribution in [0.15, 0.2) is 23.5 Å². The van der Waals surface area contributed by atoms with Crippen molar-refractivity contribution in [2.75, 3.05) is 0 Å². The zero-order valence-electron chi connectivity index (χ0n) is 32.5. The van der Waals surface area contributed by atoms with E-state index in [0.29, 0.717) is 35.4 Å². The summed E-state index contributed by atoms with van der Waals surface area (Å²) < 4.78 is 0. The Morgan fingerprint density at radius 3 is 1.54 bits per heavy atom. The van der Waals surface area contributed by atoms with Crippen LogP contribution in [0.3, 0.4) is 0 Å². The summed E-state index contributed by atoms with van der Waals surface area (Å²) >= 11 is 5.32. The lowest BCUT2D eigenvalue weighted by molar-refractivity contribution is -0.133. The summed E-state index contributed by atoms with van der Waals surface area (Å²) in [5, 5.41) is -0.130. The number of hydrogen-bond donors (Lipinski definition) is 1. The molecule has 0 spiro atoms. The van der Waals surface area contributed by atoms with E-state index in [4.69, 9.17) is 30.5 Å². The number of carbonyl (C=O) groups is 4. The van der Waals surface area contributed by atoms with Gasteiger partial charge in [-0.05, 0) is 104 Å². The number of rotatable bonds is 4. The molecule has 4 saturated carbocycles. The average Bonchev–Trinajstić information content (AvgIpc) is 3.09. The van der Waals surface area contributed by atoms with E-state index in [0.717, 1.165) is 64.2 Å². The van der Waals surface area contributed by atoms with Crippen LogP contribution in [0.25, 0.3) is 9.69 Å². The molecule has 0 amide bonds. The summed E-state index contributed by atoms with van der Waals surface area (Å²) in [4.78, 5) is 55.0. The van der Waals surface area contributed by atoms with Crippen LogP contribution in [0.5, 0.6) is 0 Å². The van der Waals surface area contributed by atoms with Crippen molar-refractivity contribution in [1.29, 1.82) is 0 Å². The first-order chi connectivity index (χ1) is 23.9. The molecule has 6 atom stereocenters. The molecule has 0 radical (unpaired) electrons. The molecular formula is C43H63Cl2N3O4. The molecule has 0 bridgehead atoms. The molecule has 9 heteroatoms. The molecular weight excluding hydrogens is 693 g/mol. The minimum atomic E-state index is -0.471. The molecule has 0 aromatic heterocycles. The van der Waals surface area contributed by atoms with Crippen molar-refractivity contribution in [2.45, 2.75) is 157 Å². The van der Waals surface area contributed by atoms with Crippen molar-refractivity contribution in [3.8, 4) is 0 Å². The average molecular weight is 757 g/mol. The maximum atomic E-state index is 12.7. The standard InChI is InChI=1S/C22H31NO2.C14H20N2O.C7H11ClO.ClH/c1-21(2)19-11-10-15(12-18(24)16-8-6-5-7-9-16)13-22(19,3)14-17(23-4)20(21)25;1-13(2)11-6-5-9(15)7-14(11,3)8-10(16-4)12(13)17;8-7(9)6-4-2-1-3-5-6;/h14-16,19H,5-13H2,1-3H3;8-9,11H,5-7,15H2,1-3H3;6H,1-5H2;1H/t15-,19+,22+;9-,11-,14-;;/m10../s1. The lowest BCUT2D eigenvalue weighted by Crippen LogP contribution is -2.51. The number of allylic oxidation sites excluding steroid dienone is 4. The lowest BCUT2D eigenvalue weighted by atomic mass is 9.51. The van der Waals surface area contributed by atoms with Gasteiger partial charge in [-0.3, -0.25) is 9.59 Å². The maximum Gasteiger partial charge on any atom is 0.226 e. The summed E-state index contributed by atoms with van der Waals surface area (Å²) in [5.74, 6) is 1.94. The van der Waals surface area contributed by atoms with Gasteiger partial charge in [0.05, 0.1) is 13.1 Å². The van der Waals surface area contributed by atoms with Crippen molar-refractivity contribution in [2.24, 2.45) is 57.0 Å². The van der Waals surface area contributed by atoms with E-state index in [-0.39, 0.29) is 63.8 Å². The van der Waals surface area contributed by atoms with Crippen molar-refractivity contribution in [3.63, 3.8) is 0 Å². The predicted octanol–water partition coefficient (Wildman–Crippen LogP) is 10.6. The van der Waals surface area contributed by atoms with Crippen LogP contribution in [0, 0.1) is 64.4 Å². The number of hydrogen-bond acceptors (Lipinski definition) is 5. The zero-order chi connectivity index (χ0) is 37.8. The quantitative estimate of drug-likeness (QED) is 0.227. The Kier molecular flexibility index (Phi) is 15.2. The summed E-state index contributed by atoms with van der Waals surface area (Å²) in [6.07, 6.45) is 21.9. The van der Waals surface area contributed by atoms with Gasteiger partial charge < -0.3 is 15.3 Å². The highest BCUT2D eigenvalue weighted by atomic mass is 35.5. The fourth-order valence-corrected chi connectivity index (χ4v) is 11.3. The number of Topliss-reactive ketones (excluding diaryl/α,β-unsaturated/α-hetero) is 3. The van der Waals surface area contributed by atoms with Gasteiger partial charge in [-0.25, -0.2) is 9.69 Å². The van der Waals surface area contributed by atoms with E-state index < -0.39 is 10.8 Å². The molecule has 52 heavy (non-hydrogen) atoms. The predicted molar refractivity (Wildman–Crippen MR) is 210 cm³/mol. The highest BCUT2D eigenvalue weighted by Crippen LogP contribution is 2.57. The highest BCUT2D eigenvalue weighted by molar-refractivity contribution is 6.63. The number of carbonyl (C=O) groups excluding carboxylic acids is 4. The van der Waals surface area contributed by atoms with Crippen LogP contribution in [-0.2, 0) is 19.2 Å². The molecule has 0 unspecified atom stereocenters. The van der Waals surface area contributed by atoms with Crippen molar-refractivity contribution < 1.29 is 19.2 Å². The molecule has 6 aliphatic rings. The maximum absolute atomic E-state index is 12.7. The number of nitrogens with two attached hydrogens (primary N) is 1. The molecule has 4 fully saturated rings. The first-order valence-electron chi connectivity index (χ1n) is 19.7. The molecule has 0 heterocycles. The van der Waals surface area contributed by atoms with E-state index in [2.05, 4.69) is 23.5 Å². The third kappa shape index (κ3) is 9.67. The smallest absolute Gasteiger partial charge is 0.226 e. The van der Waals surface area contributed by atoms with Crippen LogP contribution < -0.4 is 5.73 Å². The molecule has 0 saturated heterocycles. The van der Waals surface area contributed by atoms with Gasteiger partial charge >= 0.3 is 0 Å². The van der Waals surface area contributed by atoms with Gasteiger partial charge in [0, 0.05) is 35.1 Å². The molecule has 7 nitrogen and oxygen atoms in total.